The van der Waals surface area contributed by atoms with Crippen molar-refractivity contribution in [1.29, 1.82) is 0 Å². The maximum Gasteiger partial charge on any atom is 0.251 e. The molecule has 0 aliphatic carbocycles. The van der Waals surface area contributed by atoms with E-state index >= 15 is 0 Å². The number of benzene rings is 3. The van der Waals surface area contributed by atoms with Gasteiger partial charge in [-0.15, -0.1) is 11.8 Å². The third-order valence-electron chi connectivity index (χ3n) is 6.77. The van der Waals surface area contributed by atoms with Gasteiger partial charge in [-0.1, -0.05) is 60.1 Å². The quantitative estimate of drug-likeness (QED) is 0.418. The fraction of sp³-hybridized carbons (Fsp3) is 0.310. The Morgan fingerprint density at radius 3 is 2.17 bits per heavy atom. The van der Waals surface area contributed by atoms with Gasteiger partial charge < -0.3 is 10.2 Å². The molecule has 186 valence electrons. The molecule has 0 unspecified atom stereocenters. The minimum atomic E-state index is -0.101. The molecule has 5 nitrogen and oxygen atoms in total. The first-order valence-electron chi connectivity index (χ1n) is 12.4. The van der Waals surface area contributed by atoms with Crippen LogP contribution in [-0.4, -0.2) is 40.5 Å². The van der Waals surface area contributed by atoms with Crippen LogP contribution >= 0.6 is 23.4 Å². The van der Waals surface area contributed by atoms with Gasteiger partial charge in [0.25, 0.3) is 5.91 Å². The summed E-state index contributed by atoms with van der Waals surface area (Å²) in [6, 6.07) is 23.7. The van der Waals surface area contributed by atoms with Crippen LogP contribution in [0.1, 0.15) is 50.8 Å². The zero-order valence-corrected chi connectivity index (χ0v) is 21.7. The predicted molar refractivity (Wildman–Crippen MR) is 146 cm³/mol. The topological polar surface area (TPSA) is 52.7 Å². The molecule has 7 heteroatoms. The van der Waals surface area contributed by atoms with Gasteiger partial charge >= 0.3 is 0 Å². The van der Waals surface area contributed by atoms with Gasteiger partial charge in [0.15, 0.2) is 0 Å². The van der Waals surface area contributed by atoms with E-state index < -0.39 is 0 Å². The first-order chi connectivity index (χ1) is 17.5. The van der Waals surface area contributed by atoms with Crippen LogP contribution in [0, 0.1) is 0 Å². The lowest BCUT2D eigenvalue weighted by Gasteiger charge is -2.24. The molecule has 2 heterocycles. The van der Waals surface area contributed by atoms with Crippen LogP contribution in [0.3, 0.4) is 0 Å². The number of carbonyl (C=O) groups is 2. The van der Waals surface area contributed by atoms with Crippen molar-refractivity contribution in [2.45, 2.75) is 37.8 Å². The van der Waals surface area contributed by atoms with Crippen molar-refractivity contribution in [1.82, 2.24) is 15.1 Å². The van der Waals surface area contributed by atoms with Crippen molar-refractivity contribution in [2.24, 2.45) is 0 Å². The summed E-state index contributed by atoms with van der Waals surface area (Å²) in [5, 5.41) is 3.64. The number of likely N-dealkylation sites (tertiary alicyclic amines) is 1. The molecule has 2 saturated heterocycles. The van der Waals surface area contributed by atoms with Gasteiger partial charge in [0.1, 0.15) is 5.37 Å². The van der Waals surface area contributed by atoms with E-state index in [-0.39, 0.29) is 17.2 Å². The van der Waals surface area contributed by atoms with Crippen LogP contribution in [0.2, 0.25) is 5.02 Å². The lowest BCUT2D eigenvalue weighted by Crippen LogP contribution is -2.27. The van der Waals surface area contributed by atoms with Gasteiger partial charge in [-0.25, -0.2) is 0 Å². The van der Waals surface area contributed by atoms with E-state index in [0.29, 0.717) is 29.4 Å². The van der Waals surface area contributed by atoms with Crippen molar-refractivity contribution >= 4 is 35.2 Å². The summed E-state index contributed by atoms with van der Waals surface area (Å²) in [6.45, 7) is 4.40. The smallest absolute Gasteiger partial charge is 0.251 e. The minimum Gasteiger partial charge on any atom is -0.348 e. The number of carbonyl (C=O) groups excluding carboxylic acids is 2. The number of halogens is 1. The molecule has 0 spiro atoms. The molecular weight excluding hydrogens is 490 g/mol. The molecule has 5 rings (SSSR count). The van der Waals surface area contributed by atoms with E-state index in [9.17, 15) is 9.59 Å². The molecular formula is C29H30ClN3O2S. The Kier molecular flexibility index (Phi) is 7.95. The third-order valence-corrected chi connectivity index (χ3v) is 8.28. The van der Waals surface area contributed by atoms with Crippen molar-refractivity contribution in [2.75, 3.05) is 18.8 Å². The number of nitrogens with zero attached hydrogens (tertiary/aromatic N) is 2. The molecule has 3 aromatic carbocycles. The summed E-state index contributed by atoms with van der Waals surface area (Å²) in [5.41, 5.74) is 5.08. The minimum absolute atomic E-state index is 0.0654. The number of rotatable bonds is 8. The molecule has 0 bridgehead atoms. The molecule has 3 aromatic rings. The van der Waals surface area contributed by atoms with Gasteiger partial charge in [0, 0.05) is 30.2 Å². The maximum atomic E-state index is 12.7. The molecule has 36 heavy (non-hydrogen) atoms. The molecule has 1 N–H and O–H groups in total. The Bertz CT molecular complexity index is 1190. The lowest BCUT2D eigenvalue weighted by atomic mass is 10.1. The standard InChI is InChI=1S/C29H30ClN3O2S/c30-26-13-7-23(8-14-26)19-33-27(34)20-36-29(33)25-11-9-24(10-12-25)28(35)31-17-21-3-5-22(6-4-21)18-32-15-1-2-16-32/h3-14,29H,1-2,15-20H2,(H,31,35)/t29-/m1/s1. The van der Waals surface area contributed by atoms with E-state index in [2.05, 4.69) is 34.5 Å². The second-order valence-electron chi connectivity index (χ2n) is 9.42. The zero-order chi connectivity index (χ0) is 24.9. The molecule has 2 fully saturated rings. The molecule has 2 aliphatic rings. The van der Waals surface area contributed by atoms with Crippen LogP contribution in [0.4, 0.5) is 0 Å². The summed E-state index contributed by atoms with van der Waals surface area (Å²) in [7, 11) is 0. The zero-order valence-electron chi connectivity index (χ0n) is 20.2. The second-order valence-corrected chi connectivity index (χ2v) is 10.9. The van der Waals surface area contributed by atoms with Crippen LogP contribution < -0.4 is 5.32 Å². The van der Waals surface area contributed by atoms with E-state index in [1.54, 1.807) is 11.8 Å². The first-order valence-corrected chi connectivity index (χ1v) is 13.8. The third kappa shape index (κ3) is 6.12. The molecule has 0 radical (unpaired) electrons. The Morgan fingerprint density at radius 2 is 1.47 bits per heavy atom. The summed E-state index contributed by atoms with van der Waals surface area (Å²) >= 11 is 7.61. The normalized spacial score (nSPS) is 18.1. The number of nitrogens with one attached hydrogen (secondary N) is 1. The van der Waals surface area contributed by atoms with Gasteiger partial charge in [0.05, 0.1) is 5.75 Å². The SMILES string of the molecule is O=C(NCc1ccc(CN2CCCC2)cc1)c1ccc([C@H]2SCC(=O)N2Cc2ccc(Cl)cc2)cc1. The summed E-state index contributed by atoms with van der Waals surface area (Å²) in [5.74, 6) is 0.473. The molecule has 0 saturated carbocycles. The van der Waals surface area contributed by atoms with Gasteiger partial charge in [0.2, 0.25) is 5.91 Å². The van der Waals surface area contributed by atoms with Crippen LogP contribution in [0.5, 0.6) is 0 Å². The monoisotopic (exact) mass is 519 g/mol. The van der Waals surface area contributed by atoms with Gasteiger partial charge in [-0.3, -0.25) is 14.5 Å². The van der Waals surface area contributed by atoms with E-state index in [1.807, 2.05) is 53.4 Å². The van der Waals surface area contributed by atoms with E-state index in [4.69, 9.17) is 11.6 Å². The van der Waals surface area contributed by atoms with Gasteiger partial charge in [-0.05, 0) is 72.5 Å². The summed E-state index contributed by atoms with van der Waals surface area (Å²) < 4.78 is 0. The highest BCUT2D eigenvalue weighted by Crippen LogP contribution is 2.39. The van der Waals surface area contributed by atoms with Crippen LogP contribution in [0.15, 0.2) is 72.8 Å². The average Bonchev–Trinajstić information content (AvgIpc) is 3.55. The summed E-state index contributed by atoms with van der Waals surface area (Å²) in [4.78, 5) is 29.6. The van der Waals surface area contributed by atoms with Crippen LogP contribution in [0.25, 0.3) is 0 Å². The number of amides is 2. The molecule has 1 atom stereocenters. The summed E-state index contributed by atoms with van der Waals surface area (Å²) in [6.07, 6.45) is 2.59. The predicted octanol–water partition coefficient (Wildman–Crippen LogP) is 5.64. The highest BCUT2D eigenvalue weighted by Gasteiger charge is 2.32. The maximum absolute atomic E-state index is 12.7. The Labute approximate surface area is 221 Å². The van der Waals surface area contributed by atoms with E-state index in [1.165, 1.54) is 31.5 Å². The largest absolute Gasteiger partial charge is 0.348 e. The number of thioether (sulfide) groups is 1. The van der Waals surface area contributed by atoms with Gasteiger partial charge in [-0.2, -0.15) is 0 Å². The highest BCUT2D eigenvalue weighted by atomic mass is 35.5. The van der Waals surface area contributed by atoms with Crippen molar-refractivity contribution in [3.63, 3.8) is 0 Å². The molecule has 0 aromatic heterocycles. The Morgan fingerprint density at radius 1 is 0.861 bits per heavy atom. The van der Waals surface area contributed by atoms with Crippen LogP contribution in [-0.2, 0) is 24.4 Å². The average molecular weight is 520 g/mol. The van der Waals surface area contributed by atoms with E-state index in [0.717, 1.165) is 23.2 Å². The fourth-order valence-corrected chi connectivity index (χ4v) is 6.05. The fourth-order valence-electron chi connectivity index (χ4n) is 4.73. The number of hydrogen-bond acceptors (Lipinski definition) is 4. The number of hydrogen-bond donors (Lipinski definition) is 1. The van der Waals surface area contributed by atoms with Crippen molar-refractivity contribution < 1.29 is 9.59 Å². The van der Waals surface area contributed by atoms with Crippen molar-refractivity contribution in [3.8, 4) is 0 Å². The molecule has 2 aliphatic heterocycles. The second kappa shape index (κ2) is 11.5. The Balaban J connectivity index is 1.16. The lowest BCUT2D eigenvalue weighted by molar-refractivity contribution is -0.128. The molecule has 2 amide bonds. The Hall–Kier alpha value is -2.80. The first kappa shape index (κ1) is 24.9. The highest BCUT2D eigenvalue weighted by molar-refractivity contribution is 8.00. The van der Waals surface area contributed by atoms with Crippen molar-refractivity contribution in [3.05, 3.63) is 106 Å².